The summed E-state index contributed by atoms with van der Waals surface area (Å²) in [7, 11) is 0. The van der Waals surface area contributed by atoms with E-state index in [0.29, 0.717) is 33.9 Å². The summed E-state index contributed by atoms with van der Waals surface area (Å²) in [6.07, 6.45) is 0. The van der Waals surface area contributed by atoms with Crippen molar-refractivity contribution in [3.63, 3.8) is 0 Å². The van der Waals surface area contributed by atoms with E-state index in [9.17, 15) is 24.5 Å². The number of benzene rings is 5. The second kappa shape index (κ2) is 12.6. The van der Waals surface area contributed by atoms with Crippen LogP contribution in [0, 0.1) is 17.0 Å². The third-order valence-corrected chi connectivity index (χ3v) is 7.90. The number of nitrogens with one attached hydrogen (secondary N) is 2. The minimum absolute atomic E-state index is 0.0496. The molecular weight excluding hydrogens is 650 g/mol. The molecule has 0 radical (unpaired) electrons. The van der Waals surface area contributed by atoms with Crippen molar-refractivity contribution in [2.45, 2.75) is 6.92 Å². The number of nitrogens with zero attached hydrogens (tertiary/aromatic N) is 3. The monoisotopic (exact) mass is 673 g/mol. The van der Waals surface area contributed by atoms with E-state index in [-0.39, 0.29) is 28.1 Å². The first kappa shape index (κ1) is 30.1. The van der Waals surface area contributed by atoms with Crippen molar-refractivity contribution in [1.82, 2.24) is 9.78 Å². The number of halogens is 1. The minimum Gasteiger partial charge on any atom is -0.322 e. The lowest BCUT2D eigenvalue weighted by molar-refractivity contribution is -0.384. The fourth-order valence-electron chi connectivity index (χ4n) is 5.21. The number of amides is 2. The fourth-order valence-corrected chi connectivity index (χ4v) is 5.47. The molecule has 0 bridgehead atoms. The Kier molecular flexibility index (Phi) is 8.23. The second-order valence-electron chi connectivity index (χ2n) is 10.3. The van der Waals surface area contributed by atoms with Crippen LogP contribution in [0.2, 0.25) is 0 Å². The van der Waals surface area contributed by atoms with E-state index in [1.165, 1.54) is 30.3 Å². The zero-order chi connectivity index (χ0) is 32.4. The molecule has 0 unspecified atom stereocenters. The van der Waals surface area contributed by atoms with Gasteiger partial charge in [-0.1, -0.05) is 52.3 Å². The molecule has 4 aromatic carbocycles. The summed E-state index contributed by atoms with van der Waals surface area (Å²) in [6, 6.07) is 31.7. The van der Waals surface area contributed by atoms with Gasteiger partial charge in [-0.15, -0.1) is 0 Å². The van der Waals surface area contributed by atoms with E-state index in [4.69, 9.17) is 5.10 Å². The lowest BCUT2D eigenvalue weighted by atomic mass is 9.88. The average molecular weight is 675 g/mol. The first-order valence-electron chi connectivity index (χ1n) is 14.1. The largest absolute Gasteiger partial charge is 0.322 e. The number of aromatic nitrogens is 2. The molecule has 0 saturated heterocycles. The summed E-state index contributed by atoms with van der Waals surface area (Å²) in [5, 5.41) is 22.0. The lowest BCUT2D eigenvalue weighted by Crippen LogP contribution is -2.28. The predicted octanol–water partition coefficient (Wildman–Crippen LogP) is 7.49. The number of carbonyl (C=O) groups excluding carboxylic acids is 2. The van der Waals surface area contributed by atoms with Crippen LogP contribution in [0.1, 0.15) is 26.4 Å². The molecule has 1 aliphatic heterocycles. The Bertz CT molecular complexity index is 2130. The molecule has 4 aromatic rings. The zero-order valence-corrected chi connectivity index (χ0v) is 25.8. The van der Waals surface area contributed by atoms with Crippen molar-refractivity contribution in [3.8, 4) is 28.1 Å². The summed E-state index contributed by atoms with van der Waals surface area (Å²) in [6.45, 7) is 1.69. The van der Waals surface area contributed by atoms with Gasteiger partial charge in [-0.2, -0.15) is 5.10 Å². The number of fused-ring (bicyclic) bond motifs is 1. The van der Waals surface area contributed by atoms with Gasteiger partial charge in [0.25, 0.3) is 17.5 Å². The Morgan fingerprint density at radius 2 is 1.33 bits per heavy atom. The van der Waals surface area contributed by atoms with Gasteiger partial charge < -0.3 is 10.6 Å². The smallest absolute Gasteiger partial charge is 0.269 e. The van der Waals surface area contributed by atoms with Crippen LogP contribution >= 0.6 is 15.9 Å². The molecule has 2 amide bonds. The van der Waals surface area contributed by atoms with Gasteiger partial charge in [-0.05, 0) is 79.2 Å². The number of nitro groups is 1. The molecule has 0 atom stereocenters. The Morgan fingerprint density at radius 1 is 0.783 bits per heavy atom. The number of para-hydroxylation sites is 2. The van der Waals surface area contributed by atoms with E-state index < -0.39 is 22.2 Å². The highest BCUT2D eigenvalue weighted by molar-refractivity contribution is 9.10. The van der Waals surface area contributed by atoms with Crippen LogP contribution in [0.4, 0.5) is 17.1 Å². The van der Waals surface area contributed by atoms with E-state index in [1.807, 2.05) is 30.3 Å². The molecule has 0 spiro atoms. The Morgan fingerprint density at radius 3 is 1.87 bits per heavy atom. The Labute approximate surface area is 271 Å². The van der Waals surface area contributed by atoms with E-state index >= 15 is 0 Å². The van der Waals surface area contributed by atoms with E-state index in [2.05, 4.69) is 26.6 Å². The number of non-ortho nitro benzene ring substituents is 1. The molecule has 1 heterocycles. The summed E-state index contributed by atoms with van der Waals surface area (Å²) >= 11 is 3.45. The van der Waals surface area contributed by atoms with Crippen molar-refractivity contribution < 1.29 is 14.5 Å². The Hall–Kier alpha value is -5.94. The summed E-state index contributed by atoms with van der Waals surface area (Å²) < 4.78 is 2.41. The highest BCUT2D eigenvalue weighted by Gasteiger charge is 2.32. The van der Waals surface area contributed by atoms with Crippen LogP contribution in [0.15, 0.2) is 125 Å². The molecule has 226 valence electrons. The number of rotatable bonds is 7. The molecule has 2 N–H and O–H groups in total. The topological polar surface area (TPSA) is 136 Å². The summed E-state index contributed by atoms with van der Waals surface area (Å²) in [5.74, 6) is -1.27. The highest BCUT2D eigenvalue weighted by Crippen LogP contribution is 2.38. The lowest BCUT2D eigenvalue weighted by Gasteiger charge is -2.23. The molecular formula is C35H24BrN5O5. The third-order valence-electron chi connectivity index (χ3n) is 7.37. The van der Waals surface area contributed by atoms with Crippen molar-refractivity contribution >= 4 is 44.8 Å². The standard InChI is InChI=1S/C35H24BrN5O5/c1-21-30(34(43)37-24-8-4-2-5-9-24)32-31(35(44)38-25-10-6-3-7-11-25)29(42)20-28(22-12-16-27(17-13-22)41(45)46)33(32)39-40(21)26-18-14-23(36)15-19-26/h2-20H,1H3,(H,37,43)(H,38,44). The molecule has 2 aliphatic rings. The molecule has 1 aliphatic carbocycles. The number of anilines is 2. The third kappa shape index (κ3) is 5.91. The van der Waals surface area contributed by atoms with Crippen LogP contribution in [0.5, 0.6) is 0 Å². The number of nitro benzene ring substituents is 1. The molecule has 0 fully saturated rings. The quantitative estimate of drug-likeness (QED) is 0.133. The van der Waals surface area contributed by atoms with Gasteiger partial charge >= 0.3 is 0 Å². The summed E-state index contributed by atoms with van der Waals surface area (Å²) in [5.41, 5.74) is 1.95. The minimum atomic E-state index is -0.715. The van der Waals surface area contributed by atoms with Crippen molar-refractivity contribution in [3.05, 3.63) is 157 Å². The molecule has 46 heavy (non-hydrogen) atoms. The highest BCUT2D eigenvalue weighted by atomic mass is 79.9. The summed E-state index contributed by atoms with van der Waals surface area (Å²) in [4.78, 5) is 52.9. The second-order valence-corrected chi connectivity index (χ2v) is 11.2. The van der Waals surface area contributed by atoms with Crippen molar-refractivity contribution in [2.24, 2.45) is 0 Å². The predicted molar refractivity (Wildman–Crippen MR) is 180 cm³/mol. The number of hydrogen-bond donors (Lipinski definition) is 2. The normalized spacial score (nSPS) is 10.8. The SMILES string of the molecule is Cc1c(C(=O)Nc2ccccc2)c2c(C(=O)Nc3ccccc3)c(=O)cc(-c3ccc([N+](=O)[O-])cc3)c-2nn1-c1ccc(Br)cc1. The fraction of sp³-hybridized carbons (Fsp3) is 0.0286. The van der Waals surface area contributed by atoms with Gasteiger partial charge in [0.2, 0.25) is 0 Å². The molecule has 0 aromatic heterocycles. The number of hydrogen-bond acceptors (Lipinski definition) is 6. The molecule has 6 rings (SSSR count). The number of carbonyl (C=O) groups is 2. The first-order chi connectivity index (χ1) is 22.2. The molecule has 0 saturated carbocycles. The maximum Gasteiger partial charge on any atom is 0.269 e. The van der Waals surface area contributed by atoms with Crippen LogP contribution in [0.25, 0.3) is 28.1 Å². The maximum absolute atomic E-state index is 14.2. The van der Waals surface area contributed by atoms with Gasteiger partial charge in [0.15, 0.2) is 5.43 Å². The van der Waals surface area contributed by atoms with Crippen molar-refractivity contribution in [2.75, 3.05) is 10.6 Å². The van der Waals surface area contributed by atoms with Crippen LogP contribution in [-0.2, 0) is 0 Å². The van der Waals surface area contributed by atoms with Gasteiger partial charge in [-0.3, -0.25) is 24.5 Å². The van der Waals surface area contributed by atoms with Crippen LogP contribution in [0.3, 0.4) is 0 Å². The Balaban J connectivity index is 1.68. The van der Waals surface area contributed by atoms with Crippen LogP contribution < -0.4 is 16.1 Å². The van der Waals surface area contributed by atoms with E-state index in [0.717, 1.165) is 4.47 Å². The van der Waals surface area contributed by atoms with Crippen molar-refractivity contribution in [1.29, 1.82) is 0 Å². The molecule has 11 heteroatoms. The van der Waals surface area contributed by atoms with Gasteiger partial charge in [0, 0.05) is 39.1 Å². The first-order valence-corrected chi connectivity index (χ1v) is 14.8. The average Bonchev–Trinajstić information content (AvgIpc) is 3.05. The van der Waals surface area contributed by atoms with Crippen LogP contribution in [-0.4, -0.2) is 26.5 Å². The van der Waals surface area contributed by atoms with Gasteiger partial charge in [0.05, 0.1) is 27.4 Å². The van der Waals surface area contributed by atoms with E-state index in [1.54, 1.807) is 66.2 Å². The zero-order valence-electron chi connectivity index (χ0n) is 24.2. The van der Waals surface area contributed by atoms with Gasteiger partial charge in [0.1, 0.15) is 5.69 Å². The maximum atomic E-state index is 14.2. The van der Waals surface area contributed by atoms with Gasteiger partial charge in [-0.25, -0.2) is 4.68 Å². The molecule has 10 nitrogen and oxygen atoms in total.